The average Bonchev–Trinajstić information content (AvgIpc) is 2.48. The molecule has 7 heteroatoms. The first kappa shape index (κ1) is 15.4. The molecule has 0 aromatic carbocycles. The molecule has 6 nitrogen and oxygen atoms in total. The molecule has 0 aliphatic carbocycles. The summed E-state index contributed by atoms with van der Waals surface area (Å²) in [5.74, 6) is 0.349. The molecule has 1 aliphatic heterocycles. The fourth-order valence-electron chi connectivity index (χ4n) is 2.37. The molecule has 2 rings (SSSR count). The summed E-state index contributed by atoms with van der Waals surface area (Å²) in [6, 6.07) is 3.18. The molecule has 0 amide bonds. The number of ether oxygens (including phenoxy) is 1. The van der Waals surface area contributed by atoms with Gasteiger partial charge in [0.05, 0.1) is 5.69 Å². The van der Waals surface area contributed by atoms with Crippen LogP contribution in [0.1, 0.15) is 18.5 Å². The van der Waals surface area contributed by atoms with Crippen LogP contribution in [0.5, 0.6) is 0 Å². The van der Waals surface area contributed by atoms with E-state index in [0.717, 1.165) is 12.8 Å². The zero-order valence-electron chi connectivity index (χ0n) is 11.7. The number of sulfonamides is 1. The van der Waals surface area contributed by atoms with Gasteiger partial charge < -0.3 is 10.5 Å². The molecular weight excluding hydrogens is 278 g/mol. The van der Waals surface area contributed by atoms with Gasteiger partial charge in [-0.1, -0.05) is 0 Å². The van der Waals surface area contributed by atoms with Crippen LogP contribution in [-0.4, -0.2) is 44.5 Å². The Morgan fingerprint density at radius 2 is 2.15 bits per heavy atom. The van der Waals surface area contributed by atoms with Crippen molar-refractivity contribution in [3.8, 4) is 0 Å². The standard InChI is InChI=1S/C13H21N3O3S/c1-16(10-11-4-7-19-8-5-11)20(17,18)13-3-2-6-15-12(13)9-14/h2-3,6,11H,4-5,7-10,14H2,1H3. The van der Waals surface area contributed by atoms with Gasteiger partial charge in [-0.25, -0.2) is 12.7 Å². The van der Waals surface area contributed by atoms with E-state index in [-0.39, 0.29) is 11.4 Å². The molecule has 1 aromatic rings. The molecule has 1 aromatic heterocycles. The maximum atomic E-state index is 12.6. The number of nitrogens with two attached hydrogens (primary N) is 1. The average molecular weight is 299 g/mol. The Morgan fingerprint density at radius 3 is 2.80 bits per heavy atom. The Balaban J connectivity index is 2.16. The Hall–Kier alpha value is -1.02. The minimum atomic E-state index is -3.53. The molecule has 20 heavy (non-hydrogen) atoms. The molecule has 0 spiro atoms. The van der Waals surface area contributed by atoms with Crippen LogP contribution >= 0.6 is 0 Å². The van der Waals surface area contributed by atoms with Gasteiger partial charge in [0.1, 0.15) is 4.90 Å². The molecule has 2 N–H and O–H groups in total. The van der Waals surface area contributed by atoms with E-state index < -0.39 is 10.0 Å². The molecule has 1 fully saturated rings. The molecule has 0 bridgehead atoms. The van der Waals surface area contributed by atoms with Crippen molar-refractivity contribution in [2.75, 3.05) is 26.8 Å². The predicted molar refractivity (Wildman–Crippen MR) is 75.5 cm³/mol. The first-order chi connectivity index (χ1) is 9.55. The molecule has 1 saturated heterocycles. The summed E-state index contributed by atoms with van der Waals surface area (Å²) in [7, 11) is -1.92. The highest BCUT2D eigenvalue weighted by Gasteiger charge is 2.27. The van der Waals surface area contributed by atoms with Gasteiger partial charge in [0.25, 0.3) is 0 Å². The van der Waals surface area contributed by atoms with E-state index in [1.165, 1.54) is 4.31 Å². The van der Waals surface area contributed by atoms with Gasteiger partial charge in [0.2, 0.25) is 10.0 Å². The summed E-state index contributed by atoms with van der Waals surface area (Å²) in [5.41, 5.74) is 5.98. The molecule has 0 atom stereocenters. The van der Waals surface area contributed by atoms with Crippen LogP contribution in [0.4, 0.5) is 0 Å². The van der Waals surface area contributed by atoms with E-state index in [4.69, 9.17) is 10.5 Å². The van der Waals surface area contributed by atoms with Gasteiger partial charge in [0.15, 0.2) is 0 Å². The number of nitrogens with zero attached hydrogens (tertiary/aromatic N) is 2. The molecule has 0 unspecified atom stereocenters. The summed E-state index contributed by atoms with van der Waals surface area (Å²) >= 11 is 0. The summed E-state index contributed by atoms with van der Waals surface area (Å²) in [4.78, 5) is 4.25. The van der Waals surface area contributed by atoms with Gasteiger partial charge in [-0.2, -0.15) is 0 Å². The van der Waals surface area contributed by atoms with Crippen LogP contribution < -0.4 is 5.73 Å². The highest BCUT2D eigenvalue weighted by molar-refractivity contribution is 7.89. The fourth-order valence-corrected chi connectivity index (χ4v) is 3.80. The van der Waals surface area contributed by atoms with Crippen LogP contribution in [0.25, 0.3) is 0 Å². The van der Waals surface area contributed by atoms with Crippen LogP contribution in [-0.2, 0) is 21.3 Å². The van der Waals surface area contributed by atoms with Crippen LogP contribution in [0.3, 0.4) is 0 Å². The molecular formula is C13H21N3O3S. The lowest BCUT2D eigenvalue weighted by molar-refractivity contribution is 0.0620. The lowest BCUT2D eigenvalue weighted by Gasteiger charge is -2.27. The molecule has 112 valence electrons. The second-order valence-corrected chi connectivity index (χ2v) is 7.01. The van der Waals surface area contributed by atoms with E-state index in [9.17, 15) is 8.42 Å². The van der Waals surface area contributed by atoms with Gasteiger partial charge in [-0.15, -0.1) is 0 Å². The number of rotatable bonds is 5. The minimum Gasteiger partial charge on any atom is -0.381 e. The van der Waals surface area contributed by atoms with E-state index in [0.29, 0.717) is 31.4 Å². The predicted octanol–water partition coefficient (Wildman–Crippen LogP) is 0.587. The lowest BCUT2D eigenvalue weighted by atomic mass is 10.0. The van der Waals surface area contributed by atoms with Crippen molar-refractivity contribution in [3.05, 3.63) is 24.0 Å². The van der Waals surface area contributed by atoms with Gasteiger partial charge in [-0.3, -0.25) is 4.98 Å². The number of aromatic nitrogens is 1. The van der Waals surface area contributed by atoms with Crippen LogP contribution in [0, 0.1) is 5.92 Å². The zero-order valence-corrected chi connectivity index (χ0v) is 12.5. The van der Waals surface area contributed by atoms with E-state index in [2.05, 4.69) is 4.98 Å². The number of hydrogen-bond donors (Lipinski definition) is 1. The van der Waals surface area contributed by atoms with E-state index in [1.54, 1.807) is 25.4 Å². The Morgan fingerprint density at radius 1 is 1.45 bits per heavy atom. The number of pyridine rings is 1. The van der Waals surface area contributed by atoms with Crippen LogP contribution in [0.2, 0.25) is 0 Å². The molecule has 0 saturated carbocycles. The smallest absolute Gasteiger partial charge is 0.244 e. The van der Waals surface area contributed by atoms with Crippen molar-refractivity contribution in [2.24, 2.45) is 11.7 Å². The highest BCUT2D eigenvalue weighted by Crippen LogP contribution is 2.21. The van der Waals surface area contributed by atoms with E-state index in [1.807, 2.05) is 0 Å². The third-order valence-electron chi connectivity index (χ3n) is 3.59. The summed E-state index contributed by atoms with van der Waals surface area (Å²) in [6.07, 6.45) is 3.35. The zero-order chi connectivity index (χ0) is 14.6. The Labute approximate surface area is 120 Å². The maximum absolute atomic E-state index is 12.6. The molecule has 0 radical (unpaired) electrons. The first-order valence-electron chi connectivity index (χ1n) is 6.73. The molecule has 1 aliphatic rings. The van der Waals surface area contributed by atoms with Crippen molar-refractivity contribution in [1.82, 2.24) is 9.29 Å². The van der Waals surface area contributed by atoms with Crippen molar-refractivity contribution in [1.29, 1.82) is 0 Å². The van der Waals surface area contributed by atoms with Gasteiger partial charge in [-0.05, 0) is 30.9 Å². The van der Waals surface area contributed by atoms with Crippen LogP contribution in [0.15, 0.2) is 23.2 Å². The van der Waals surface area contributed by atoms with Crippen molar-refractivity contribution < 1.29 is 13.2 Å². The summed E-state index contributed by atoms with van der Waals surface area (Å²) in [6.45, 7) is 2.03. The largest absolute Gasteiger partial charge is 0.381 e. The Bertz CT molecular complexity index is 542. The van der Waals surface area contributed by atoms with Gasteiger partial charge in [0, 0.05) is 39.5 Å². The third kappa shape index (κ3) is 3.35. The van der Waals surface area contributed by atoms with Crippen molar-refractivity contribution >= 4 is 10.0 Å². The minimum absolute atomic E-state index is 0.112. The quantitative estimate of drug-likeness (QED) is 0.860. The monoisotopic (exact) mass is 299 g/mol. The topological polar surface area (TPSA) is 85.5 Å². The maximum Gasteiger partial charge on any atom is 0.244 e. The highest BCUT2D eigenvalue weighted by atomic mass is 32.2. The van der Waals surface area contributed by atoms with Gasteiger partial charge >= 0.3 is 0 Å². The first-order valence-corrected chi connectivity index (χ1v) is 8.17. The third-order valence-corrected chi connectivity index (χ3v) is 5.48. The fraction of sp³-hybridized carbons (Fsp3) is 0.615. The lowest BCUT2D eigenvalue weighted by Crippen LogP contribution is -2.34. The van der Waals surface area contributed by atoms with E-state index >= 15 is 0 Å². The normalized spacial score (nSPS) is 17.6. The van der Waals surface area contributed by atoms with Crippen molar-refractivity contribution in [2.45, 2.75) is 24.3 Å². The summed E-state index contributed by atoms with van der Waals surface area (Å²) in [5, 5.41) is 0. The second-order valence-electron chi connectivity index (χ2n) is 4.99. The van der Waals surface area contributed by atoms with Crippen molar-refractivity contribution in [3.63, 3.8) is 0 Å². The SMILES string of the molecule is CN(CC1CCOCC1)S(=O)(=O)c1cccnc1CN. The molecule has 2 heterocycles. The Kier molecular flexibility index (Phi) is 5.09. The summed E-state index contributed by atoms with van der Waals surface area (Å²) < 4.78 is 31.9. The second kappa shape index (κ2) is 6.62. The number of hydrogen-bond acceptors (Lipinski definition) is 5.